The number of rotatable bonds is 3. The minimum absolute atomic E-state index is 0.135. The molecule has 0 unspecified atom stereocenters. The lowest BCUT2D eigenvalue weighted by atomic mass is 10.2. The number of anilines is 1. The predicted molar refractivity (Wildman–Crippen MR) is 85.1 cm³/mol. The van der Waals surface area contributed by atoms with Gasteiger partial charge in [0.2, 0.25) is 5.91 Å². The Labute approximate surface area is 143 Å². The number of alkyl halides is 2. The summed E-state index contributed by atoms with van der Waals surface area (Å²) in [5.41, 5.74) is 0.166. The van der Waals surface area contributed by atoms with Crippen LogP contribution in [0.15, 0.2) is 47.3 Å². The van der Waals surface area contributed by atoms with Crippen molar-refractivity contribution in [2.45, 2.75) is 12.8 Å². The van der Waals surface area contributed by atoms with Gasteiger partial charge in [0.25, 0.3) is 5.56 Å². The highest BCUT2D eigenvalue weighted by Gasteiger charge is 2.43. The number of hydrogen-bond acceptors (Lipinski definition) is 6. The Morgan fingerprint density at radius 1 is 1.15 bits per heavy atom. The van der Waals surface area contributed by atoms with Gasteiger partial charge in [0.1, 0.15) is 12.1 Å². The Bertz CT molecular complexity index is 1080. The number of hydrogen-bond donors (Lipinski definition) is 1. The first-order valence-electron chi connectivity index (χ1n) is 7.44. The van der Waals surface area contributed by atoms with Crippen molar-refractivity contribution in [2.24, 2.45) is 0 Å². The fourth-order valence-electron chi connectivity index (χ4n) is 2.49. The zero-order valence-electron chi connectivity index (χ0n) is 13.0. The molecule has 0 radical (unpaired) electrons. The van der Waals surface area contributed by atoms with Crippen LogP contribution < -0.4 is 20.3 Å². The van der Waals surface area contributed by atoms with Gasteiger partial charge in [-0.1, -0.05) is 17.3 Å². The second kappa shape index (κ2) is 5.76. The molecule has 0 aliphatic carbocycles. The maximum Gasteiger partial charge on any atom is 0.586 e. The van der Waals surface area contributed by atoms with E-state index in [2.05, 4.69) is 25.1 Å². The first-order valence-corrected chi connectivity index (χ1v) is 7.44. The first-order chi connectivity index (χ1) is 12.4. The maximum atomic E-state index is 13.0. The van der Waals surface area contributed by atoms with Crippen molar-refractivity contribution < 1.29 is 23.0 Å². The summed E-state index contributed by atoms with van der Waals surface area (Å²) in [7, 11) is 0. The maximum absolute atomic E-state index is 13.0. The van der Waals surface area contributed by atoms with Crippen molar-refractivity contribution >= 4 is 22.5 Å². The van der Waals surface area contributed by atoms with Crippen LogP contribution in [0, 0.1) is 0 Å². The number of fused-ring (bicyclic) bond motifs is 2. The van der Waals surface area contributed by atoms with Crippen LogP contribution in [0.3, 0.4) is 0 Å². The third-order valence-corrected chi connectivity index (χ3v) is 3.61. The molecule has 1 amide bonds. The van der Waals surface area contributed by atoms with Gasteiger partial charge in [0.15, 0.2) is 11.5 Å². The van der Waals surface area contributed by atoms with Crippen LogP contribution in [0.4, 0.5) is 14.5 Å². The number of nitrogens with zero attached hydrogens (tertiary/aromatic N) is 3. The summed E-state index contributed by atoms with van der Waals surface area (Å²) in [6.07, 6.45) is -3.74. The SMILES string of the molecule is O=C(Cn1nnc2ccccc2c1=O)Nc1ccc2c(c1)OC(F)(F)O2. The molecule has 0 bridgehead atoms. The molecule has 0 saturated heterocycles. The molecule has 10 heteroatoms. The van der Waals surface area contributed by atoms with E-state index in [1.54, 1.807) is 24.3 Å². The summed E-state index contributed by atoms with van der Waals surface area (Å²) >= 11 is 0. The third kappa shape index (κ3) is 2.92. The number of carbonyl (C=O) groups excluding carboxylic acids is 1. The van der Waals surface area contributed by atoms with E-state index < -0.39 is 17.8 Å². The Morgan fingerprint density at radius 2 is 1.92 bits per heavy atom. The third-order valence-electron chi connectivity index (χ3n) is 3.61. The topological polar surface area (TPSA) is 95.3 Å². The van der Waals surface area contributed by atoms with E-state index in [4.69, 9.17) is 0 Å². The van der Waals surface area contributed by atoms with Crippen molar-refractivity contribution in [3.8, 4) is 11.5 Å². The average Bonchev–Trinajstić information content (AvgIpc) is 2.91. The van der Waals surface area contributed by atoms with Gasteiger partial charge in [0, 0.05) is 11.8 Å². The molecule has 132 valence electrons. The smallest absolute Gasteiger partial charge is 0.395 e. The van der Waals surface area contributed by atoms with E-state index in [-0.39, 0.29) is 23.7 Å². The molecule has 1 aliphatic rings. The lowest BCUT2D eigenvalue weighted by Gasteiger charge is -2.07. The van der Waals surface area contributed by atoms with Crippen molar-refractivity contribution in [1.82, 2.24) is 15.0 Å². The van der Waals surface area contributed by atoms with E-state index in [0.717, 1.165) is 4.68 Å². The van der Waals surface area contributed by atoms with Gasteiger partial charge in [-0.3, -0.25) is 9.59 Å². The molecule has 3 aromatic rings. The second-order valence-corrected chi connectivity index (χ2v) is 5.45. The Morgan fingerprint density at radius 3 is 2.77 bits per heavy atom. The normalized spacial score (nSPS) is 14.4. The quantitative estimate of drug-likeness (QED) is 0.765. The number of aromatic nitrogens is 3. The highest BCUT2D eigenvalue weighted by molar-refractivity contribution is 5.91. The molecule has 1 aliphatic heterocycles. The zero-order chi connectivity index (χ0) is 18.3. The molecule has 2 aromatic carbocycles. The lowest BCUT2D eigenvalue weighted by molar-refractivity contribution is -0.286. The number of ether oxygens (including phenoxy) is 2. The second-order valence-electron chi connectivity index (χ2n) is 5.45. The Hall–Kier alpha value is -3.56. The molecule has 0 saturated carbocycles. The molecule has 8 nitrogen and oxygen atoms in total. The van der Waals surface area contributed by atoms with Crippen LogP contribution in [-0.2, 0) is 11.3 Å². The van der Waals surface area contributed by atoms with E-state index in [0.29, 0.717) is 10.9 Å². The van der Waals surface area contributed by atoms with Gasteiger partial charge in [-0.15, -0.1) is 13.9 Å². The molecular formula is C16H10F2N4O4. The lowest BCUT2D eigenvalue weighted by Crippen LogP contribution is -2.30. The van der Waals surface area contributed by atoms with Gasteiger partial charge in [0.05, 0.1) is 5.39 Å². The summed E-state index contributed by atoms with van der Waals surface area (Å²) in [5, 5.41) is 10.4. The number of benzene rings is 2. The molecule has 2 heterocycles. The standard InChI is InChI=1S/C16H10F2N4O4/c17-16(18)25-12-6-5-9(7-13(12)26-16)19-14(23)8-22-15(24)10-3-1-2-4-11(10)20-21-22/h1-7H,8H2,(H,19,23). The number of carbonyl (C=O) groups is 1. The molecular weight excluding hydrogens is 350 g/mol. The first kappa shape index (κ1) is 15.9. The van der Waals surface area contributed by atoms with E-state index in [1.807, 2.05) is 0 Å². The zero-order valence-corrected chi connectivity index (χ0v) is 13.0. The van der Waals surface area contributed by atoms with Gasteiger partial charge < -0.3 is 14.8 Å². The number of nitrogens with one attached hydrogen (secondary N) is 1. The summed E-state index contributed by atoms with van der Waals surface area (Å²) in [6, 6.07) is 10.4. The highest BCUT2D eigenvalue weighted by atomic mass is 19.3. The summed E-state index contributed by atoms with van der Waals surface area (Å²) < 4.78 is 35.5. The molecule has 4 rings (SSSR count). The largest absolute Gasteiger partial charge is 0.586 e. The van der Waals surface area contributed by atoms with Gasteiger partial charge in [-0.05, 0) is 24.3 Å². The summed E-state index contributed by atoms with van der Waals surface area (Å²) in [4.78, 5) is 24.4. The molecule has 1 aromatic heterocycles. The van der Waals surface area contributed by atoms with E-state index in [1.165, 1.54) is 18.2 Å². The minimum atomic E-state index is -3.74. The predicted octanol–water partition coefficient (Wildman–Crippen LogP) is 1.75. The number of halogens is 2. The van der Waals surface area contributed by atoms with Gasteiger partial charge >= 0.3 is 6.29 Å². The van der Waals surface area contributed by atoms with Crippen molar-refractivity contribution in [2.75, 3.05) is 5.32 Å². The highest BCUT2D eigenvalue weighted by Crippen LogP contribution is 2.42. The molecule has 1 N–H and O–H groups in total. The monoisotopic (exact) mass is 360 g/mol. The average molecular weight is 360 g/mol. The van der Waals surface area contributed by atoms with Crippen LogP contribution in [0.1, 0.15) is 0 Å². The van der Waals surface area contributed by atoms with E-state index >= 15 is 0 Å². The van der Waals surface area contributed by atoms with Crippen LogP contribution in [-0.4, -0.2) is 27.2 Å². The Balaban J connectivity index is 1.52. The van der Waals surface area contributed by atoms with Crippen molar-refractivity contribution in [3.63, 3.8) is 0 Å². The van der Waals surface area contributed by atoms with Crippen molar-refractivity contribution in [1.29, 1.82) is 0 Å². The fourth-order valence-corrected chi connectivity index (χ4v) is 2.49. The van der Waals surface area contributed by atoms with E-state index in [9.17, 15) is 18.4 Å². The van der Waals surface area contributed by atoms with Gasteiger partial charge in [-0.2, -0.15) is 0 Å². The molecule has 0 fully saturated rings. The minimum Gasteiger partial charge on any atom is -0.395 e. The summed E-state index contributed by atoms with van der Waals surface area (Å²) in [5.74, 6) is -0.914. The van der Waals surface area contributed by atoms with Crippen LogP contribution >= 0.6 is 0 Å². The Kier molecular flexibility index (Phi) is 3.53. The van der Waals surface area contributed by atoms with Gasteiger partial charge in [-0.25, -0.2) is 4.68 Å². The fraction of sp³-hybridized carbons (Fsp3) is 0.125. The number of amides is 1. The molecule has 0 atom stereocenters. The molecule has 0 spiro atoms. The van der Waals surface area contributed by atoms with Crippen molar-refractivity contribution in [3.05, 3.63) is 52.8 Å². The van der Waals surface area contributed by atoms with Crippen LogP contribution in [0.25, 0.3) is 10.9 Å². The molecule has 26 heavy (non-hydrogen) atoms. The van der Waals surface area contributed by atoms with Crippen LogP contribution in [0.5, 0.6) is 11.5 Å². The summed E-state index contributed by atoms with van der Waals surface area (Å²) in [6.45, 7) is -0.388. The van der Waals surface area contributed by atoms with Crippen LogP contribution in [0.2, 0.25) is 0 Å².